The molecule has 0 spiro atoms. The number of nitro benzene ring substituents is 1. The first kappa shape index (κ1) is 22.7. The number of amides is 1. The van der Waals surface area contributed by atoms with Crippen LogP contribution in [0.15, 0.2) is 67.0 Å². The van der Waals surface area contributed by atoms with Gasteiger partial charge in [0.15, 0.2) is 0 Å². The molecule has 10 heteroatoms. The Hall–Kier alpha value is -3.95. The molecule has 0 radical (unpaired) electrons. The van der Waals surface area contributed by atoms with E-state index >= 15 is 0 Å². The molecule has 0 aliphatic carbocycles. The van der Waals surface area contributed by atoms with E-state index < -0.39 is 22.4 Å². The van der Waals surface area contributed by atoms with Gasteiger partial charge in [-0.3, -0.25) is 19.9 Å². The monoisotopic (exact) mass is 444 g/mol. The minimum atomic E-state index is -4.68. The molecule has 3 aromatic rings. The molecule has 0 atom stereocenters. The van der Waals surface area contributed by atoms with Crippen molar-refractivity contribution in [3.8, 4) is 0 Å². The van der Waals surface area contributed by atoms with Gasteiger partial charge in [0.25, 0.3) is 5.69 Å². The molecule has 0 saturated carbocycles. The molecule has 2 aromatic carbocycles. The molecule has 1 heterocycles. The Bertz CT molecular complexity index is 1090. The van der Waals surface area contributed by atoms with E-state index in [0.29, 0.717) is 11.8 Å². The third-order valence-electron chi connectivity index (χ3n) is 4.58. The zero-order chi connectivity index (χ0) is 23.1. The number of benzene rings is 2. The standard InChI is InChI=1S/C22H19F3N4O3/c23-22(24,25)17-3-6-19(20(14-17)29(31)32)27-12-9-21(30)28-18-4-1-15(2-5-18)13-16-7-10-26-11-8-16/h1-8,10-11,14,27H,9,12-13H2,(H,28,30). The Morgan fingerprint density at radius 1 is 1.00 bits per heavy atom. The summed E-state index contributed by atoms with van der Waals surface area (Å²) in [6.45, 7) is 0.0121. The molecule has 0 saturated heterocycles. The average molecular weight is 444 g/mol. The molecule has 0 aliphatic rings. The van der Waals surface area contributed by atoms with Gasteiger partial charge in [0, 0.05) is 37.1 Å². The maximum Gasteiger partial charge on any atom is 0.416 e. The lowest BCUT2D eigenvalue weighted by atomic mass is 10.1. The van der Waals surface area contributed by atoms with E-state index in [0.717, 1.165) is 29.7 Å². The van der Waals surface area contributed by atoms with Crippen molar-refractivity contribution in [2.45, 2.75) is 19.0 Å². The summed E-state index contributed by atoms with van der Waals surface area (Å²) in [5.74, 6) is -0.339. The highest BCUT2D eigenvalue weighted by atomic mass is 19.4. The quantitative estimate of drug-likeness (QED) is 0.375. The van der Waals surface area contributed by atoms with Crippen molar-refractivity contribution in [2.75, 3.05) is 17.2 Å². The van der Waals surface area contributed by atoms with E-state index in [1.165, 1.54) is 0 Å². The van der Waals surface area contributed by atoms with Crippen LogP contribution >= 0.6 is 0 Å². The molecule has 1 amide bonds. The van der Waals surface area contributed by atoms with Crippen molar-refractivity contribution in [1.29, 1.82) is 0 Å². The maximum absolute atomic E-state index is 12.8. The zero-order valence-electron chi connectivity index (χ0n) is 16.7. The van der Waals surface area contributed by atoms with Gasteiger partial charge in [0.2, 0.25) is 5.91 Å². The van der Waals surface area contributed by atoms with Crippen molar-refractivity contribution in [3.63, 3.8) is 0 Å². The summed E-state index contributed by atoms with van der Waals surface area (Å²) in [6.07, 6.45) is -0.547. The molecule has 3 rings (SSSR count). The highest BCUT2D eigenvalue weighted by molar-refractivity contribution is 5.91. The smallest absolute Gasteiger partial charge is 0.379 e. The topological polar surface area (TPSA) is 97.2 Å². The number of carbonyl (C=O) groups excluding carboxylic acids is 1. The van der Waals surface area contributed by atoms with Gasteiger partial charge in [0.05, 0.1) is 10.5 Å². The van der Waals surface area contributed by atoms with E-state index in [1.807, 2.05) is 24.3 Å². The second kappa shape index (κ2) is 9.90. The largest absolute Gasteiger partial charge is 0.416 e. The van der Waals surface area contributed by atoms with Crippen LogP contribution < -0.4 is 10.6 Å². The van der Waals surface area contributed by atoms with Crippen LogP contribution in [0.2, 0.25) is 0 Å². The maximum atomic E-state index is 12.8. The van der Waals surface area contributed by atoms with Crippen molar-refractivity contribution >= 4 is 23.0 Å². The number of halogens is 3. The molecule has 0 bridgehead atoms. The summed E-state index contributed by atoms with van der Waals surface area (Å²) >= 11 is 0. The Labute approximate surface area is 181 Å². The number of nitrogens with zero attached hydrogens (tertiary/aromatic N) is 2. The number of hydrogen-bond donors (Lipinski definition) is 2. The predicted molar refractivity (Wildman–Crippen MR) is 113 cm³/mol. The van der Waals surface area contributed by atoms with Crippen LogP contribution in [0.25, 0.3) is 0 Å². The third kappa shape index (κ3) is 6.27. The minimum Gasteiger partial charge on any atom is -0.379 e. The van der Waals surface area contributed by atoms with E-state index in [1.54, 1.807) is 24.5 Å². The number of anilines is 2. The van der Waals surface area contributed by atoms with Gasteiger partial charge in [-0.15, -0.1) is 0 Å². The van der Waals surface area contributed by atoms with Crippen LogP contribution in [0.4, 0.5) is 30.2 Å². The highest BCUT2D eigenvalue weighted by Gasteiger charge is 2.33. The molecular weight excluding hydrogens is 425 g/mol. The van der Waals surface area contributed by atoms with Gasteiger partial charge >= 0.3 is 6.18 Å². The summed E-state index contributed by atoms with van der Waals surface area (Å²) < 4.78 is 38.3. The third-order valence-corrected chi connectivity index (χ3v) is 4.58. The normalized spacial score (nSPS) is 11.1. The summed E-state index contributed by atoms with van der Waals surface area (Å²) in [7, 11) is 0. The van der Waals surface area contributed by atoms with E-state index in [4.69, 9.17) is 0 Å². The Kier molecular flexibility index (Phi) is 7.04. The minimum absolute atomic E-state index is 0.0121. The molecule has 32 heavy (non-hydrogen) atoms. The van der Waals surface area contributed by atoms with Crippen molar-refractivity contribution in [3.05, 3.63) is 93.8 Å². The van der Waals surface area contributed by atoms with Gasteiger partial charge in [-0.05, 0) is 53.9 Å². The zero-order valence-corrected chi connectivity index (χ0v) is 16.7. The Morgan fingerprint density at radius 2 is 1.66 bits per heavy atom. The summed E-state index contributed by atoms with van der Waals surface area (Å²) in [5.41, 5.74) is 0.862. The molecule has 1 aromatic heterocycles. The van der Waals surface area contributed by atoms with Gasteiger partial charge in [-0.1, -0.05) is 12.1 Å². The Balaban J connectivity index is 1.52. The second-order valence-electron chi connectivity index (χ2n) is 6.94. The lowest BCUT2D eigenvalue weighted by molar-refractivity contribution is -0.384. The summed E-state index contributed by atoms with van der Waals surface area (Å²) in [6, 6.07) is 13.4. The first-order valence-corrected chi connectivity index (χ1v) is 9.59. The lowest BCUT2D eigenvalue weighted by Crippen LogP contribution is -2.17. The molecular formula is C22H19F3N4O3. The molecule has 0 fully saturated rings. The summed E-state index contributed by atoms with van der Waals surface area (Å²) in [5, 5.41) is 16.5. The number of nitrogens with one attached hydrogen (secondary N) is 2. The average Bonchev–Trinajstić information content (AvgIpc) is 2.75. The van der Waals surface area contributed by atoms with Crippen LogP contribution in [-0.2, 0) is 17.4 Å². The number of rotatable bonds is 8. The number of carbonyl (C=O) groups is 1. The molecule has 2 N–H and O–H groups in total. The highest BCUT2D eigenvalue weighted by Crippen LogP contribution is 2.34. The van der Waals surface area contributed by atoms with Gasteiger partial charge in [-0.2, -0.15) is 13.2 Å². The van der Waals surface area contributed by atoms with E-state index in [-0.39, 0.29) is 24.6 Å². The van der Waals surface area contributed by atoms with Gasteiger partial charge in [0.1, 0.15) is 5.69 Å². The number of hydrogen-bond acceptors (Lipinski definition) is 5. The molecule has 166 valence electrons. The fourth-order valence-corrected chi connectivity index (χ4v) is 2.98. The number of pyridine rings is 1. The van der Waals surface area contributed by atoms with Crippen LogP contribution in [0, 0.1) is 10.1 Å². The molecule has 0 unspecified atom stereocenters. The molecule has 0 aliphatic heterocycles. The van der Waals surface area contributed by atoms with Gasteiger partial charge < -0.3 is 10.6 Å². The van der Waals surface area contributed by atoms with Crippen LogP contribution in [0.5, 0.6) is 0 Å². The van der Waals surface area contributed by atoms with Crippen LogP contribution in [-0.4, -0.2) is 22.4 Å². The van der Waals surface area contributed by atoms with Gasteiger partial charge in [-0.25, -0.2) is 0 Å². The van der Waals surface area contributed by atoms with Crippen molar-refractivity contribution < 1.29 is 22.9 Å². The fourth-order valence-electron chi connectivity index (χ4n) is 2.98. The molecule has 7 nitrogen and oxygen atoms in total. The number of alkyl halides is 3. The fraction of sp³-hybridized carbons (Fsp3) is 0.182. The van der Waals surface area contributed by atoms with Crippen LogP contribution in [0.1, 0.15) is 23.1 Å². The Morgan fingerprint density at radius 3 is 2.28 bits per heavy atom. The SMILES string of the molecule is O=C(CCNc1ccc(C(F)(F)F)cc1[N+](=O)[O-])Nc1ccc(Cc2ccncc2)cc1. The van der Waals surface area contributed by atoms with E-state index in [9.17, 15) is 28.1 Å². The first-order valence-electron chi connectivity index (χ1n) is 9.59. The predicted octanol–water partition coefficient (Wildman–Crippen LogP) is 5.04. The van der Waals surface area contributed by atoms with Crippen LogP contribution in [0.3, 0.4) is 0 Å². The van der Waals surface area contributed by atoms with E-state index in [2.05, 4.69) is 15.6 Å². The summed E-state index contributed by atoms with van der Waals surface area (Å²) in [4.78, 5) is 26.3. The first-order chi connectivity index (χ1) is 15.2. The number of aromatic nitrogens is 1. The van der Waals surface area contributed by atoms with Crippen molar-refractivity contribution in [2.24, 2.45) is 0 Å². The lowest BCUT2D eigenvalue weighted by Gasteiger charge is -2.11. The van der Waals surface area contributed by atoms with Crippen molar-refractivity contribution in [1.82, 2.24) is 4.98 Å². The second-order valence-corrected chi connectivity index (χ2v) is 6.94. The number of nitro groups is 1.